The highest BCUT2D eigenvalue weighted by molar-refractivity contribution is 5.02. The first kappa shape index (κ1) is 17.5. The number of hydrogen-bond donors (Lipinski definition) is 0. The topological polar surface area (TPSA) is 23.8 Å². The van der Waals surface area contributed by atoms with Crippen LogP contribution >= 0.6 is 0 Å². The molecule has 0 spiro atoms. The van der Waals surface area contributed by atoms with Crippen LogP contribution in [0.4, 0.5) is 0 Å². The van der Waals surface area contributed by atoms with Crippen LogP contribution in [0.25, 0.3) is 0 Å². The van der Waals surface area contributed by atoms with Crippen molar-refractivity contribution in [2.75, 3.05) is 0 Å². The minimum Gasteiger partial charge on any atom is -0.198 e. The number of rotatable bonds is 7. The quantitative estimate of drug-likeness (QED) is 0.488. The van der Waals surface area contributed by atoms with Crippen LogP contribution in [0.3, 0.4) is 0 Å². The Kier molecular flexibility index (Phi) is 7.07. The number of nitrogens with zero attached hydrogens (tertiary/aromatic N) is 1. The Morgan fingerprint density at radius 2 is 1.55 bits per heavy atom. The molecular formula is C19H35N. The predicted octanol–water partition coefficient (Wildman–Crippen LogP) is 6.48. The number of hydrogen-bond acceptors (Lipinski definition) is 1. The summed E-state index contributed by atoms with van der Waals surface area (Å²) in [6.45, 7) is 9.32. The van der Waals surface area contributed by atoms with Gasteiger partial charge in [0.25, 0.3) is 0 Å². The Bertz CT molecular complexity index is 297. The third kappa shape index (κ3) is 5.47. The third-order valence-corrected chi connectivity index (χ3v) is 5.41. The molecule has 0 aliphatic heterocycles. The van der Waals surface area contributed by atoms with Crippen molar-refractivity contribution < 1.29 is 0 Å². The maximum Gasteiger partial charge on any atom is 0.0689 e. The Balaban J connectivity index is 2.30. The van der Waals surface area contributed by atoms with E-state index < -0.39 is 0 Å². The molecule has 0 N–H and O–H groups in total. The minimum atomic E-state index is 0.0203. The minimum absolute atomic E-state index is 0.0203. The van der Waals surface area contributed by atoms with E-state index in [2.05, 4.69) is 33.8 Å². The van der Waals surface area contributed by atoms with Gasteiger partial charge in [0.1, 0.15) is 0 Å². The Labute approximate surface area is 127 Å². The second-order valence-electron chi connectivity index (χ2n) is 8.05. The second-order valence-corrected chi connectivity index (χ2v) is 8.05. The van der Waals surface area contributed by atoms with Gasteiger partial charge in [-0.25, -0.2) is 0 Å². The van der Waals surface area contributed by atoms with Crippen molar-refractivity contribution in [3.8, 4) is 6.07 Å². The Morgan fingerprint density at radius 1 is 1.00 bits per heavy atom. The van der Waals surface area contributed by atoms with Gasteiger partial charge in [0.05, 0.1) is 11.5 Å². The van der Waals surface area contributed by atoms with E-state index in [9.17, 15) is 5.26 Å². The zero-order valence-corrected chi connectivity index (χ0v) is 14.3. The molecular weight excluding hydrogens is 242 g/mol. The molecule has 0 aromatic carbocycles. The highest BCUT2D eigenvalue weighted by Crippen LogP contribution is 2.47. The van der Waals surface area contributed by atoms with Gasteiger partial charge in [0.15, 0.2) is 0 Å². The monoisotopic (exact) mass is 277 g/mol. The molecule has 20 heavy (non-hydrogen) atoms. The average molecular weight is 277 g/mol. The highest BCUT2D eigenvalue weighted by atomic mass is 14.4. The predicted molar refractivity (Wildman–Crippen MR) is 87.5 cm³/mol. The van der Waals surface area contributed by atoms with Crippen LogP contribution in [0, 0.1) is 28.1 Å². The lowest BCUT2D eigenvalue weighted by Gasteiger charge is -2.40. The van der Waals surface area contributed by atoms with Gasteiger partial charge in [-0.05, 0) is 43.4 Å². The first-order valence-electron chi connectivity index (χ1n) is 8.85. The van der Waals surface area contributed by atoms with Gasteiger partial charge in [-0.3, -0.25) is 0 Å². The van der Waals surface area contributed by atoms with Gasteiger partial charge in [-0.2, -0.15) is 5.26 Å². The van der Waals surface area contributed by atoms with Crippen LogP contribution < -0.4 is 0 Å². The molecule has 0 aromatic rings. The van der Waals surface area contributed by atoms with E-state index in [0.29, 0.717) is 5.41 Å². The summed E-state index contributed by atoms with van der Waals surface area (Å²) in [4.78, 5) is 0. The summed E-state index contributed by atoms with van der Waals surface area (Å²) in [7, 11) is 0. The molecule has 116 valence electrons. The smallest absolute Gasteiger partial charge is 0.0689 e. The van der Waals surface area contributed by atoms with Crippen molar-refractivity contribution in [2.24, 2.45) is 16.7 Å². The standard InChI is InChI=1S/C19H35N/c1-5-6-7-8-9-10-13-19(16-20)14-11-17(12-15-19)18(2,3)4/h17H,5-15H2,1-4H3. The van der Waals surface area contributed by atoms with Gasteiger partial charge >= 0.3 is 0 Å². The molecule has 0 amide bonds. The normalized spacial score (nSPS) is 27.2. The van der Waals surface area contributed by atoms with E-state index in [1.807, 2.05) is 0 Å². The fraction of sp³-hybridized carbons (Fsp3) is 0.947. The lowest BCUT2D eigenvalue weighted by atomic mass is 9.63. The molecule has 1 saturated carbocycles. The van der Waals surface area contributed by atoms with Gasteiger partial charge in [0.2, 0.25) is 0 Å². The van der Waals surface area contributed by atoms with Crippen molar-refractivity contribution in [3.63, 3.8) is 0 Å². The van der Waals surface area contributed by atoms with E-state index in [1.165, 1.54) is 51.4 Å². The summed E-state index contributed by atoms with van der Waals surface area (Å²) < 4.78 is 0. The average Bonchev–Trinajstić information content (AvgIpc) is 2.42. The van der Waals surface area contributed by atoms with E-state index in [0.717, 1.165) is 25.2 Å². The fourth-order valence-electron chi connectivity index (χ4n) is 3.70. The van der Waals surface area contributed by atoms with Gasteiger partial charge in [-0.15, -0.1) is 0 Å². The van der Waals surface area contributed by atoms with Crippen LogP contribution in [0.15, 0.2) is 0 Å². The Hall–Kier alpha value is -0.510. The van der Waals surface area contributed by atoms with Gasteiger partial charge < -0.3 is 0 Å². The third-order valence-electron chi connectivity index (χ3n) is 5.41. The van der Waals surface area contributed by atoms with Crippen LogP contribution in [0.5, 0.6) is 0 Å². The number of unbranched alkanes of at least 4 members (excludes halogenated alkanes) is 5. The van der Waals surface area contributed by atoms with Crippen molar-refractivity contribution in [1.29, 1.82) is 5.26 Å². The molecule has 1 aliphatic rings. The highest BCUT2D eigenvalue weighted by Gasteiger charge is 2.38. The summed E-state index contributed by atoms with van der Waals surface area (Å²) in [5.74, 6) is 0.813. The number of nitriles is 1. The van der Waals surface area contributed by atoms with Crippen molar-refractivity contribution >= 4 is 0 Å². The summed E-state index contributed by atoms with van der Waals surface area (Å²) in [5, 5.41) is 9.62. The molecule has 0 bridgehead atoms. The SMILES string of the molecule is CCCCCCCCC1(C#N)CCC(C(C)(C)C)CC1. The maximum absolute atomic E-state index is 9.62. The first-order valence-corrected chi connectivity index (χ1v) is 8.85. The lowest BCUT2D eigenvalue weighted by molar-refractivity contribution is 0.113. The van der Waals surface area contributed by atoms with Crippen LogP contribution in [-0.4, -0.2) is 0 Å². The van der Waals surface area contributed by atoms with Gasteiger partial charge in [0, 0.05) is 0 Å². The molecule has 0 saturated heterocycles. The van der Waals surface area contributed by atoms with Gasteiger partial charge in [-0.1, -0.05) is 66.2 Å². The molecule has 0 atom stereocenters. The summed E-state index contributed by atoms with van der Waals surface area (Å²) in [6, 6.07) is 2.69. The van der Waals surface area contributed by atoms with E-state index in [4.69, 9.17) is 0 Å². The van der Waals surface area contributed by atoms with E-state index in [1.54, 1.807) is 0 Å². The van der Waals surface area contributed by atoms with Crippen LogP contribution in [-0.2, 0) is 0 Å². The largest absolute Gasteiger partial charge is 0.198 e. The second kappa shape index (κ2) is 8.06. The van der Waals surface area contributed by atoms with Crippen molar-refractivity contribution in [1.82, 2.24) is 0 Å². The molecule has 1 heteroatoms. The van der Waals surface area contributed by atoms with Crippen LogP contribution in [0.1, 0.15) is 98.3 Å². The molecule has 0 heterocycles. The fourth-order valence-corrected chi connectivity index (χ4v) is 3.70. The molecule has 1 fully saturated rings. The van der Waals surface area contributed by atoms with Crippen molar-refractivity contribution in [2.45, 2.75) is 98.3 Å². The summed E-state index contributed by atoms with van der Waals surface area (Å²) >= 11 is 0. The molecule has 0 aromatic heterocycles. The van der Waals surface area contributed by atoms with E-state index in [-0.39, 0.29) is 5.41 Å². The first-order chi connectivity index (χ1) is 9.43. The zero-order chi connectivity index (χ0) is 15.1. The summed E-state index contributed by atoms with van der Waals surface area (Å²) in [6.07, 6.45) is 14.0. The molecule has 1 aliphatic carbocycles. The van der Waals surface area contributed by atoms with Crippen molar-refractivity contribution in [3.05, 3.63) is 0 Å². The maximum atomic E-state index is 9.62. The summed E-state index contributed by atoms with van der Waals surface area (Å²) in [5.41, 5.74) is 0.439. The lowest BCUT2D eigenvalue weighted by Crippen LogP contribution is -2.31. The van der Waals surface area contributed by atoms with Crippen LogP contribution in [0.2, 0.25) is 0 Å². The molecule has 1 rings (SSSR count). The Morgan fingerprint density at radius 3 is 2.05 bits per heavy atom. The molecule has 0 radical (unpaired) electrons. The zero-order valence-electron chi connectivity index (χ0n) is 14.3. The molecule has 0 unspecified atom stereocenters. The van der Waals surface area contributed by atoms with E-state index >= 15 is 0 Å². The molecule has 1 nitrogen and oxygen atoms in total.